The molecule has 2 rings (SSSR count). The molecule has 0 bridgehead atoms. The van der Waals surface area contributed by atoms with Gasteiger partial charge in [-0.1, -0.05) is 12.8 Å². The molecule has 2 aliphatic heterocycles. The van der Waals surface area contributed by atoms with Gasteiger partial charge >= 0.3 is 0 Å². The Labute approximate surface area is 168 Å². The molecule has 0 aliphatic carbocycles. The van der Waals surface area contributed by atoms with Crippen LogP contribution >= 0.6 is 0 Å². The van der Waals surface area contributed by atoms with Gasteiger partial charge < -0.3 is 25.5 Å². The van der Waals surface area contributed by atoms with Crippen molar-refractivity contribution in [2.24, 2.45) is 0 Å². The number of likely N-dealkylation sites (N-methyl/N-ethyl adjacent to an activating group) is 1. The van der Waals surface area contributed by atoms with Gasteiger partial charge in [0.1, 0.15) is 0 Å². The minimum absolute atomic E-state index is 0.000691. The zero-order valence-corrected chi connectivity index (χ0v) is 17.3. The van der Waals surface area contributed by atoms with Gasteiger partial charge in [-0.2, -0.15) is 0 Å². The molecule has 0 unspecified atom stereocenters. The van der Waals surface area contributed by atoms with Gasteiger partial charge in [0.2, 0.25) is 17.7 Å². The first-order valence-electron chi connectivity index (χ1n) is 10.6. The van der Waals surface area contributed by atoms with Crippen LogP contribution in [-0.4, -0.2) is 84.0 Å². The van der Waals surface area contributed by atoms with E-state index in [0.717, 1.165) is 38.6 Å². The Kier molecular flexibility index (Phi) is 9.18. The zero-order valence-electron chi connectivity index (χ0n) is 17.3. The fraction of sp³-hybridized carbons (Fsp3) is 0.850. The molecule has 0 aromatic heterocycles. The normalized spacial score (nSPS) is 25.1. The number of likely N-dealkylation sites (tertiary alicyclic amines) is 2. The second-order valence-corrected chi connectivity index (χ2v) is 8.26. The average Bonchev–Trinajstić information content (AvgIpc) is 3.21. The first-order chi connectivity index (χ1) is 13.3. The average molecular weight is 397 g/mol. The fourth-order valence-electron chi connectivity index (χ4n) is 3.87. The van der Waals surface area contributed by atoms with Crippen LogP contribution in [0.15, 0.2) is 0 Å². The molecule has 3 amide bonds. The van der Waals surface area contributed by atoms with E-state index >= 15 is 0 Å². The van der Waals surface area contributed by atoms with Gasteiger partial charge in [0.25, 0.3) is 0 Å². The largest absolute Gasteiger partial charge is 0.391 e. The number of hydrogen-bond donors (Lipinski definition) is 3. The molecule has 0 radical (unpaired) electrons. The van der Waals surface area contributed by atoms with Crippen LogP contribution in [0.3, 0.4) is 0 Å². The summed E-state index contributed by atoms with van der Waals surface area (Å²) in [6.45, 7) is 4.01. The lowest BCUT2D eigenvalue weighted by atomic mass is 10.1. The Balaban J connectivity index is 1.44. The van der Waals surface area contributed by atoms with Crippen LogP contribution in [0.2, 0.25) is 0 Å². The number of carbonyl (C=O) groups excluding carboxylic acids is 3. The van der Waals surface area contributed by atoms with E-state index in [4.69, 9.17) is 0 Å². The topological polar surface area (TPSA) is 102 Å². The third kappa shape index (κ3) is 7.75. The number of nitrogens with zero attached hydrogens (tertiary/aromatic N) is 2. The van der Waals surface area contributed by atoms with E-state index in [2.05, 4.69) is 29.5 Å². The zero-order chi connectivity index (χ0) is 20.5. The molecular formula is C20H36N4O4. The summed E-state index contributed by atoms with van der Waals surface area (Å²) < 4.78 is 0. The number of carbonyl (C=O) groups is 3. The molecule has 3 N–H and O–H groups in total. The van der Waals surface area contributed by atoms with Crippen LogP contribution in [0.25, 0.3) is 0 Å². The van der Waals surface area contributed by atoms with Crippen molar-refractivity contribution >= 4 is 17.7 Å². The van der Waals surface area contributed by atoms with E-state index in [-0.39, 0.29) is 30.3 Å². The first kappa shape index (κ1) is 22.6. The molecule has 160 valence electrons. The van der Waals surface area contributed by atoms with Crippen molar-refractivity contribution in [2.45, 2.75) is 76.5 Å². The maximum absolute atomic E-state index is 12.0. The highest BCUT2D eigenvalue weighted by molar-refractivity contribution is 5.84. The number of aliphatic hydroxyl groups excluding tert-OH is 1. The second-order valence-electron chi connectivity index (χ2n) is 8.26. The summed E-state index contributed by atoms with van der Waals surface area (Å²) in [6.07, 6.45) is 5.53. The van der Waals surface area contributed by atoms with Crippen molar-refractivity contribution in [3.63, 3.8) is 0 Å². The molecule has 2 heterocycles. The first-order valence-corrected chi connectivity index (χ1v) is 10.6. The Morgan fingerprint density at radius 1 is 1.04 bits per heavy atom. The summed E-state index contributed by atoms with van der Waals surface area (Å²) in [4.78, 5) is 39.5. The Hall–Kier alpha value is -1.67. The third-order valence-electron chi connectivity index (χ3n) is 5.76. The fourth-order valence-corrected chi connectivity index (χ4v) is 3.87. The molecule has 8 nitrogen and oxygen atoms in total. The quantitative estimate of drug-likeness (QED) is 0.459. The van der Waals surface area contributed by atoms with Crippen LogP contribution in [0.1, 0.15) is 58.3 Å². The number of hydrogen-bond acceptors (Lipinski definition) is 5. The smallest absolute Gasteiger partial charge is 0.242 e. The summed E-state index contributed by atoms with van der Waals surface area (Å²) in [5.41, 5.74) is 0. The van der Waals surface area contributed by atoms with Gasteiger partial charge in [-0.3, -0.25) is 14.4 Å². The van der Waals surface area contributed by atoms with Crippen LogP contribution in [0.4, 0.5) is 0 Å². The molecule has 8 heteroatoms. The molecule has 0 aromatic carbocycles. The molecule has 2 fully saturated rings. The lowest BCUT2D eigenvalue weighted by Crippen LogP contribution is -2.39. The molecule has 0 saturated carbocycles. The minimum atomic E-state index is -0.440. The molecule has 2 aliphatic rings. The van der Waals surface area contributed by atoms with Crippen LogP contribution in [-0.2, 0) is 14.4 Å². The van der Waals surface area contributed by atoms with E-state index < -0.39 is 6.10 Å². The van der Waals surface area contributed by atoms with Gasteiger partial charge in [0, 0.05) is 44.6 Å². The van der Waals surface area contributed by atoms with E-state index in [1.54, 1.807) is 4.90 Å². The molecular weight excluding hydrogens is 360 g/mol. The minimum Gasteiger partial charge on any atom is -0.391 e. The summed E-state index contributed by atoms with van der Waals surface area (Å²) in [5.74, 6) is -0.139. The highest BCUT2D eigenvalue weighted by atomic mass is 16.3. The van der Waals surface area contributed by atoms with Gasteiger partial charge in [-0.15, -0.1) is 0 Å². The SMILES string of the molecule is C[C@@H]1C[C@@H](NC(=O)CCCCCCC(=O)NCC(=O)N2CC[C@@H](O)C2)CN1C. The number of aliphatic hydroxyl groups is 1. The third-order valence-corrected chi connectivity index (χ3v) is 5.76. The lowest BCUT2D eigenvalue weighted by molar-refractivity contribution is -0.132. The number of unbranched alkanes of at least 4 members (excludes halogenated alkanes) is 3. The van der Waals surface area contributed by atoms with E-state index in [0.29, 0.717) is 38.4 Å². The standard InChI is InChI=1S/C20H36N4O4/c1-15-11-16(13-23(15)2)22-19(27)8-6-4-3-5-7-18(26)21-12-20(28)24-10-9-17(25)14-24/h15-17,25H,3-14H2,1-2H3,(H,21,26)(H,22,27)/t15-,16-,17-/m1/s1. The molecule has 0 aromatic rings. The van der Waals surface area contributed by atoms with Crippen LogP contribution in [0, 0.1) is 0 Å². The van der Waals surface area contributed by atoms with E-state index in [9.17, 15) is 19.5 Å². The summed E-state index contributed by atoms with van der Waals surface area (Å²) in [5, 5.41) is 15.2. The number of rotatable bonds is 10. The van der Waals surface area contributed by atoms with Crippen molar-refractivity contribution in [2.75, 3.05) is 33.2 Å². The highest BCUT2D eigenvalue weighted by Gasteiger charge is 2.27. The van der Waals surface area contributed by atoms with Crippen molar-refractivity contribution in [3.8, 4) is 0 Å². The maximum Gasteiger partial charge on any atom is 0.242 e. The van der Waals surface area contributed by atoms with E-state index in [1.807, 2.05) is 0 Å². The van der Waals surface area contributed by atoms with Crippen LogP contribution in [0.5, 0.6) is 0 Å². The highest BCUT2D eigenvalue weighted by Crippen LogP contribution is 2.15. The molecule has 2 saturated heterocycles. The monoisotopic (exact) mass is 396 g/mol. The lowest BCUT2D eigenvalue weighted by Gasteiger charge is -2.15. The van der Waals surface area contributed by atoms with E-state index in [1.165, 1.54) is 0 Å². The van der Waals surface area contributed by atoms with Crippen molar-refractivity contribution < 1.29 is 19.5 Å². The molecule has 3 atom stereocenters. The maximum atomic E-state index is 12.0. The van der Waals surface area contributed by atoms with Gasteiger partial charge in [0.05, 0.1) is 12.6 Å². The Morgan fingerprint density at radius 2 is 1.71 bits per heavy atom. The number of β-amino-alcohol motifs (C(OH)–C–C–N with tert-alkyl or cyclic N) is 1. The van der Waals surface area contributed by atoms with Crippen molar-refractivity contribution in [3.05, 3.63) is 0 Å². The summed E-state index contributed by atoms with van der Waals surface area (Å²) in [7, 11) is 2.08. The van der Waals surface area contributed by atoms with Gasteiger partial charge in [-0.25, -0.2) is 0 Å². The van der Waals surface area contributed by atoms with Crippen molar-refractivity contribution in [1.82, 2.24) is 20.4 Å². The van der Waals surface area contributed by atoms with Crippen molar-refractivity contribution in [1.29, 1.82) is 0 Å². The predicted molar refractivity (Wildman–Crippen MR) is 107 cm³/mol. The van der Waals surface area contributed by atoms with Crippen LogP contribution < -0.4 is 10.6 Å². The second kappa shape index (κ2) is 11.4. The molecule has 0 spiro atoms. The van der Waals surface area contributed by atoms with Gasteiger partial charge in [-0.05, 0) is 39.7 Å². The molecule has 28 heavy (non-hydrogen) atoms. The Bertz CT molecular complexity index is 532. The number of amides is 3. The Morgan fingerprint density at radius 3 is 2.29 bits per heavy atom. The summed E-state index contributed by atoms with van der Waals surface area (Å²) >= 11 is 0. The van der Waals surface area contributed by atoms with Gasteiger partial charge in [0.15, 0.2) is 0 Å². The predicted octanol–water partition coefficient (Wildman–Crippen LogP) is 0.245. The number of nitrogens with one attached hydrogen (secondary N) is 2. The summed E-state index contributed by atoms with van der Waals surface area (Å²) in [6, 6.07) is 0.788.